The average molecular weight is 412 g/mol. The second kappa shape index (κ2) is 9.04. The lowest BCUT2D eigenvalue weighted by atomic mass is 10.2. The number of para-hydroxylation sites is 2. The van der Waals surface area contributed by atoms with Crippen LogP contribution in [0.25, 0.3) is 0 Å². The molecule has 11 heteroatoms. The van der Waals surface area contributed by atoms with Crippen molar-refractivity contribution in [3.8, 4) is 5.75 Å². The number of anilines is 1. The molecule has 0 aromatic heterocycles. The molecule has 0 fully saturated rings. The average Bonchev–Trinajstić information content (AvgIpc) is 2.66. The highest BCUT2D eigenvalue weighted by molar-refractivity contribution is 5.95. The molecule has 0 saturated carbocycles. The minimum atomic E-state index is -4.50. The van der Waals surface area contributed by atoms with Crippen molar-refractivity contribution in [2.24, 2.45) is 0 Å². The lowest BCUT2D eigenvalue weighted by molar-refractivity contribution is -0.385. The number of hydrogen-bond donors (Lipinski definition) is 1. The fourth-order valence-corrected chi connectivity index (χ4v) is 2.14. The van der Waals surface area contributed by atoms with Gasteiger partial charge in [-0.2, -0.15) is 13.2 Å². The highest BCUT2D eigenvalue weighted by atomic mass is 19.4. The van der Waals surface area contributed by atoms with Crippen LogP contribution in [0.4, 0.5) is 24.5 Å². The van der Waals surface area contributed by atoms with Crippen molar-refractivity contribution < 1.29 is 37.2 Å². The van der Waals surface area contributed by atoms with Gasteiger partial charge < -0.3 is 14.8 Å². The van der Waals surface area contributed by atoms with E-state index in [2.05, 4.69) is 5.32 Å². The highest BCUT2D eigenvalue weighted by Crippen LogP contribution is 2.30. The predicted molar refractivity (Wildman–Crippen MR) is 94.2 cm³/mol. The molecule has 0 aliphatic rings. The normalized spacial score (nSPS) is 12.0. The van der Waals surface area contributed by atoms with Gasteiger partial charge in [-0.1, -0.05) is 12.1 Å². The number of nitrogens with one attached hydrogen (secondary N) is 1. The largest absolute Gasteiger partial charge is 0.475 e. The Morgan fingerprint density at radius 3 is 2.34 bits per heavy atom. The van der Waals surface area contributed by atoms with Gasteiger partial charge in [0.05, 0.1) is 10.5 Å². The first-order chi connectivity index (χ1) is 13.6. The Kier molecular flexibility index (Phi) is 6.75. The summed E-state index contributed by atoms with van der Waals surface area (Å²) in [5.74, 6) is -1.88. The first-order valence-corrected chi connectivity index (χ1v) is 8.11. The number of carbonyl (C=O) groups is 2. The Hall–Kier alpha value is -3.63. The van der Waals surface area contributed by atoms with Gasteiger partial charge in [0.15, 0.2) is 18.5 Å². The van der Waals surface area contributed by atoms with Gasteiger partial charge in [0.1, 0.15) is 0 Å². The third-order valence-corrected chi connectivity index (χ3v) is 3.56. The number of ether oxygens (including phenoxy) is 2. The van der Waals surface area contributed by atoms with Crippen LogP contribution in [-0.2, 0) is 20.5 Å². The van der Waals surface area contributed by atoms with Crippen LogP contribution in [0.1, 0.15) is 12.5 Å². The van der Waals surface area contributed by atoms with Crippen LogP contribution in [-0.4, -0.2) is 29.5 Å². The second-order valence-electron chi connectivity index (χ2n) is 5.71. The van der Waals surface area contributed by atoms with Crippen molar-refractivity contribution in [1.29, 1.82) is 0 Å². The van der Waals surface area contributed by atoms with Crippen LogP contribution in [0.3, 0.4) is 0 Å². The van der Waals surface area contributed by atoms with E-state index in [1.807, 2.05) is 0 Å². The Bertz CT molecular complexity index is 899. The van der Waals surface area contributed by atoms with Crippen LogP contribution in [0.15, 0.2) is 48.5 Å². The molecule has 0 aliphatic carbocycles. The fraction of sp³-hybridized carbons (Fsp3) is 0.222. The van der Waals surface area contributed by atoms with Crippen molar-refractivity contribution in [1.82, 2.24) is 0 Å². The Labute approximate surface area is 162 Å². The molecule has 29 heavy (non-hydrogen) atoms. The molecule has 0 spiro atoms. The SMILES string of the molecule is CC(OC(=O)COc1ccccc1[N+](=O)[O-])C(=O)Nc1ccc(C(F)(F)F)cc1. The molecule has 2 rings (SSSR count). The summed E-state index contributed by atoms with van der Waals surface area (Å²) in [5, 5.41) is 13.2. The summed E-state index contributed by atoms with van der Waals surface area (Å²) in [6.45, 7) is 0.574. The number of nitro benzene ring substituents is 1. The van der Waals surface area contributed by atoms with Crippen LogP contribution in [0, 0.1) is 10.1 Å². The molecule has 0 heterocycles. The molecular formula is C18H15F3N2O6. The fourth-order valence-electron chi connectivity index (χ4n) is 2.14. The van der Waals surface area contributed by atoms with Gasteiger partial charge in [0.2, 0.25) is 0 Å². The van der Waals surface area contributed by atoms with Gasteiger partial charge >= 0.3 is 17.8 Å². The summed E-state index contributed by atoms with van der Waals surface area (Å²) in [5.41, 5.74) is -1.13. The van der Waals surface area contributed by atoms with Crippen LogP contribution < -0.4 is 10.1 Å². The van der Waals surface area contributed by atoms with Crippen molar-refractivity contribution >= 4 is 23.3 Å². The summed E-state index contributed by atoms with van der Waals surface area (Å²) in [6.07, 6.45) is -5.78. The third kappa shape index (κ3) is 6.19. The maximum absolute atomic E-state index is 12.5. The number of nitrogens with zero attached hydrogens (tertiary/aromatic N) is 1. The molecule has 1 atom stereocenters. The maximum Gasteiger partial charge on any atom is 0.416 e. The molecule has 1 amide bonds. The highest BCUT2D eigenvalue weighted by Gasteiger charge is 2.30. The van der Waals surface area contributed by atoms with Gasteiger partial charge in [-0.05, 0) is 37.3 Å². The van der Waals surface area contributed by atoms with E-state index in [9.17, 15) is 32.9 Å². The van der Waals surface area contributed by atoms with E-state index in [1.54, 1.807) is 0 Å². The maximum atomic E-state index is 12.5. The zero-order chi connectivity index (χ0) is 21.6. The standard InChI is InChI=1S/C18H15F3N2O6/c1-11(17(25)22-13-8-6-12(7-9-13)18(19,20)21)29-16(24)10-28-15-5-3-2-4-14(15)23(26)27/h2-9,11H,10H2,1H3,(H,22,25). The van der Waals surface area contributed by atoms with Crippen molar-refractivity contribution in [2.75, 3.05) is 11.9 Å². The predicted octanol–water partition coefficient (Wildman–Crippen LogP) is 3.56. The molecule has 0 radical (unpaired) electrons. The summed E-state index contributed by atoms with van der Waals surface area (Å²) < 4.78 is 47.5. The monoisotopic (exact) mass is 412 g/mol. The van der Waals surface area contributed by atoms with Crippen molar-refractivity contribution in [2.45, 2.75) is 19.2 Å². The van der Waals surface area contributed by atoms with Crippen molar-refractivity contribution in [3.05, 3.63) is 64.2 Å². The minimum absolute atomic E-state index is 0.0852. The summed E-state index contributed by atoms with van der Waals surface area (Å²) in [4.78, 5) is 34.0. The molecule has 0 aliphatic heterocycles. The van der Waals surface area contributed by atoms with Gasteiger partial charge in [-0.15, -0.1) is 0 Å². The lowest BCUT2D eigenvalue weighted by Crippen LogP contribution is -2.31. The van der Waals surface area contributed by atoms with E-state index in [4.69, 9.17) is 9.47 Å². The topological polar surface area (TPSA) is 108 Å². The van der Waals surface area contributed by atoms with Gasteiger partial charge in [0, 0.05) is 11.8 Å². The molecule has 154 valence electrons. The molecular weight excluding hydrogens is 397 g/mol. The quantitative estimate of drug-likeness (QED) is 0.423. The van der Waals surface area contributed by atoms with E-state index in [-0.39, 0.29) is 17.1 Å². The Balaban J connectivity index is 1.87. The molecule has 2 aromatic rings. The molecule has 8 nitrogen and oxygen atoms in total. The first kappa shape index (κ1) is 21.7. The number of carbonyl (C=O) groups excluding carboxylic acids is 2. The number of esters is 1. The Morgan fingerprint density at radius 1 is 1.14 bits per heavy atom. The van der Waals surface area contributed by atoms with E-state index >= 15 is 0 Å². The number of amides is 1. The number of rotatable bonds is 7. The zero-order valence-electron chi connectivity index (χ0n) is 14.9. The smallest absolute Gasteiger partial charge is 0.416 e. The molecule has 1 unspecified atom stereocenters. The van der Waals surface area contributed by atoms with E-state index in [0.29, 0.717) is 0 Å². The summed E-state index contributed by atoms with van der Waals surface area (Å²) in [7, 11) is 0. The summed E-state index contributed by atoms with van der Waals surface area (Å²) in [6, 6.07) is 9.12. The summed E-state index contributed by atoms with van der Waals surface area (Å²) >= 11 is 0. The van der Waals surface area contributed by atoms with Gasteiger partial charge in [-0.25, -0.2) is 4.79 Å². The lowest BCUT2D eigenvalue weighted by Gasteiger charge is -2.14. The number of hydrogen-bond acceptors (Lipinski definition) is 6. The zero-order valence-corrected chi connectivity index (χ0v) is 14.9. The molecule has 2 aromatic carbocycles. The van der Waals surface area contributed by atoms with Crippen LogP contribution in [0.2, 0.25) is 0 Å². The Morgan fingerprint density at radius 2 is 1.76 bits per heavy atom. The minimum Gasteiger partial charge on any atom is -0.475 e. The van der Waals surface area contributed by atoms with Crippen molar-refractivity contribution in [3.63, 3.8) is 0 Å². The van der Waals surface area contributed by atoms with Crippen LogP contribution in [0.5, 0.6) is 5.75 Å². The number of halogens is 3. The molecule has 0 bridgehead atoms. The van der Waals surface area contributed by atoms with E-state index in [0.717, 1.165) is 24.3 Å². The van der Waals surface area contributed by atoms with Crippen LogP contribution >= 0.6 is 0 Å². The van der Waals surface area contributed by atoms with E-state index in [1.165, 1.54) is 31.2 Å². The van der Waals surface area contributed by atoms with E-state index < -0.39 is 41.3 Å². The van der Waals surface area contributed by atoms with Gasteiger partial charge in [0.25, 0.3) is 5.91 Å². The number of nitro groups is 1. The third-order valence-electron chi connectivity index (χ3n) is 3.56. The first-order valence-electron chi connectivity index (χ1n) is 8.11. The molecule has 1 N–H and O–H groups in total. The van der Waals surface area contributed by atoms with Gasteiger partial charge in [-0.3, -0.25) is 14.9 Å². The molecule has 0 saturated heterocycles. The number of alkyl halides is 3. The second-order valence-corrected chi connectivity index (χ2v) is 5.71. The number of benzene rings is 2.